The standard InChI is InChI=1S/C27H26N4O3Se/c1-3-16-15-31-11-9-17(16)13-25(31)26(20-8-10-28-22-7-5-19(33-2)14-21(20)22)34-27(32)18-4-6-23-24(12-18)30-35-29-23/h3-8,10,12,14,16-17,25-26H,1,9,11,13,15H2,2H3/t16-,17-,25+,26?/m0/s1. The Balaban J connectivity index is 1.41. The van der Waals surface area contributed by atoms with Crippen LogP contribution >= 0.6 is 0 Å². The van der Waals surface area contributed by atoms with Crippen LogP contribution in [-0.4, -0.2) is 65.0 Å². The van der Waals surface area contributed by atoms with Crippen molar-refractivity contribution < 1.29 is 14.3 Å². The molecule has 0 spiro atoms. The number of carbonyl (C=O) groups excluding carboxylic acids is 1. The van der Waals surface area contributed by atoms with Crippen molar-refractivity contribution in [1.82, 2.24) is 17.8 Å². The maximum absolute atomic E-state index is 13.5. The minimum absolute atomic E-state index is 0.0862. The van der Waals surface area contributed by atoms with E-state index in [0.29, 0.717) is 17.4 Å². The summed E-state index contributed by atoms with van der Waals surface area (Å²) in [4.78, 5) is 20.5. The second kappa shape index (κ2) is 9.19. The molecule has 0 aliphatic carbocycles. The summed E-state index contributed by atoms with van der Waals surface area (Å²) in [6.07, 6.45) is 5.56. The van der Waals surface area contributed by atoms with Crippen molar-refractivity contribution in [1.29, 1.82) is 0 Å². The Labute approximate surface area is 210 Å². The van der Waals surface area contributed by atoms with Crippen LogP contribution in [0.1, 0.15) is 34.9 Å². The van der Waals surface area contributed by atoms with E-state index in [1.165, 1.54) is 0 Å². The summed E-state index contributed by atoms with van der Waals surface area (Å²) in [5.74, 6) is 1.44. The number of hydrogen-bond donors (Lipinski definition) is 0. The Hall–Kier alpha value is -3.06. The van der Waals surface area contributed by atoms with Gasteiger partial charge in [-0.2, -0.15) is 0 Å². The van der Waals surface area contributed by atoms with Gasteiger partial charge in [-0.3, -0.25) is 0 Å². The molecule has 3 fully saturated rings. The van der Waals surface area contributed by atoms with Crippen LogP contribution in [0.15, 0.2) is 61.3 Å². The monoisotopic (exact) mass is 534 g/mol. The summed E-state index contributed by atoms with van der Waals surface area (Å²) < 4.78 is 20.7. The van der Waals surface area contributed by atoms with Gasteiger partial charge in [-0.15, -0.1) is 6.58 Å². The molecule has 0 saturated carbocycles. The first kappa shape index (κ1) is 22.4. The zero-order valence-electron chi connectivity index (χ0n) is 19.5. The van der Waals surface area contributed by atoms with Crippen LogP contribution in [0.5, 0.6) is 5.75 Å². The van der Waals surface area contributed by atoms with Gasteiger partial charge in [0.1, 0.15) is 0 Å². The van der Waals surface area contributed by atoms with Crippen molar-refractivity contribution >= 4 is 42.9 Å². The van der Waals surface area contributed by atoms with E-state index < -0.39 is 6.10 Å². The average Bonchev–Trinajstić information content (AvgIpc) is 3.39. The molecule has 7 rings (SSSR count). The van der Waals surface area contributed by atoms with E-state index >= 15 is 0 Å². The van der Waals surface area contributed by atoms with Gasteiger partial charge in [-0.25, -0.2) is 0 Å². The van der Waals surface area contributed by atoms with Crippen LogP contribution in [0.3, 0.4) is 0 Å². The first-order chi connectivity index (χ1) is 17.1. The molecule has 4 aromatic rings. The van der Waals surface area contributed by atoms with E-state index in [2.05, 4.69) is 30.5 Å². The maximum atomic E-state index is 13.5. The van der Waals surface area contributed by atoms with Crippen LogP contribution in [0.25, 0.3) is 21.9 Å². The normalized spacial score (nSPS) is 24.4. The molecule has 5 atom stereocenters. The summed E-state index contributed by atoms with van der Waals surface area (Å²) >= 11 is -0.140. The van der Waals surface area contributed by atoms with E-state index in [1.54, 1.807) is 25.4 Å². The number of aromatic nitrogens is 3. The molecule has 3 aliphatic heterocycles. The predicted molar refractivity (Wildman–Crippen MR) is 135 cm³/mol. The van der Waals surface area contributed by atoms with Gasteiger partial charge in [0.05, 0.1) is 7.11 Å². The Morgan fingerprint density at radius 2 is 2.03 bits per heavy atom. The number of piperidine rings is 3. The second-order valence-electron chi connectivity index (χ2n) is 9.32. The van der Waals surface area contributed by atoms with Gasteiger partial charge in [-0.1, -0.05) is 0 Å². The molecule has 5 heterocycles. The van der Waals surface area contributed by atoms with Crippen LogP contribution in [0, 0.1) is 11.8 Å². The zero-order chi connectivity index (χ0) is 23.9. The molecular formula is C27H26N4O3Se. The topological polar surface area (TPSA) is 77.4 Å². The Kier molecular flexibility index (Phi) is 5.88. The van der Waals surface area contributed by atoms with Crippen LogP contribution < -0.4 is 4.74 Å². The molecule has 3 aliphatic rings. The van der Waals surface area contributed by atoms with E-state index in [1.807, 2.05) is 30.3 Å². The van der Waals surface area contributed by atoms with E-state index in [9.17, 15) is 4.79 Å². The second-order valence-corrected chi connectivity index (χ2v) is 10.4. The van der Waals surface area contributed by atoms with Crippen LogP contribution in [-0.2, 0) is 4.74 Å². The predicted octanol–water partition coefficient (Wildman–Crippen LogP) is 4.04. The summed E-state index contributed by atoms with van der Waals surface area (Å²) in [5, 5.41) is 0.943. The van der Waals surface area contributed by atoms with Gasteiger partial charge in [-0.05, 0) is 0 Å². The molecule has 35 heavy (non-hydrogen) atoms. The summed E-state index contributed by atoms with van der Waals surface area (Å²) in [7, 11) is 1.66. The number of fused-ring (bicyclic) bond motifs is 5. The molecule has 7 nitrogen and oxygen atoms in total. The molecule has 2 aromatic heterocycles. The number of nitrogens with zero attached hydrogens (tertiary/aromatic N) is 4. The number of rotatable bonds is 6. The quantitative estimate of drug-likeness (QED) is 0.210. The van der Waals surface area contributed by atoms with Crippen LogP contribution in [0.4, 0.5) is 0 Å². The Morgan fingerprint density at radius 1 is 1.17 bits per heavy atom. The van der Waals surface area contributed by atoms with Crippen molar-refractivity contribution in [3.8, 4) is 5.75 Å². The SMILES string of the molecule is C=C[C@H]1CN2CC[C@H]1C[C@@H]2C(OC(=O)c1ccc2n[se]nc2c1)c1ccnc2ccc(OC)cc12. The number of esters is 1. The molecule has 2 unspecified atom stereocenters. The fourth-order valence-electron chi connectivity index (χ4n) is 5.66. The summed E-state index contributed by atoms with van der Waals surface area (Å²) in [5.41, 5.74) is 3.92. The van der Waals surface area contributed by atoms with Gasteiger partial charge in [0.25, 0.3) is 0 Å². The van der Waals surface area contributed by atoms with Gasteiger partial charge in [0.2, 0.25) is 0 Å². The Bertz CT molecular complexity index is 1420. The molecule has 3 saturated heterocycles. The summed E-state index contributed by atoms with van der Waals surface area (Å²) in [6.45, 7) is 6.00. The average molecular weight is 533 g/mol. The number of methoxy groups -OCH3 is 1. The molecule has 2 bridgehead atoms. The van der Waals surface area contributed by atoms with Gasteiger partial charge in [0, 0.05) is 0 Å². The number of pyridine rings is 1. The molecular weight excluding hydrogens is 507 g/mol. The molecule has 178 valence electrons. The molecule has 8 heteroatoms. The fourth-order valence-corrected chi connectivity index (χ4v) is 6.74. The van der Waals surface area contributed by atoms with Gasteiger partial charge >= 0.3 is 197 Å². The number of ether oxygens (including phenoxy) is 2. The van der Waals surface area contributed by atoms with E-state index in [4.69, 9.17) is 9.47 Å². The van der Waals surface area contributed by atoms with E-state index in [-0.39, 0.29) is 27.0 Å². The van der Waals surface area contributed by atoms with Crippen molar-refractivity contribution in [2.45, 2.75) is 25.0 Å². The Morgan fingerprint density at radius 3 is 2.83 bits per heavy atom. The molecule has 0 amide bonds. The van der Waals surface area contributed by atoms with Gasteiger partial charge in [0.15, 0.2) is 0 Å². The first-order valence-corrected chi connectivity index (χ1v) is 13.4. The number of carbonyl (C=O) groups is 1. The molecule has 0 radical (unpaired) electrons. The van der Waals surface area contributed by atoms with E-state index in [0.717, 1.165) is 59.2 Å². The summed E-state index contributed by atoms with van der Waals surface area (Å²) in [6, 6.07) is 13.3. The van der Waals surface area contributed by atoms with Crippen molar-refractivity contribution in [2.24, 2.45) is 11.8 Å². The van der Waals surface area contributed by atoms with Crippen LogP contribution in [0.2, 0.25) is 0 Å². The van der Waals surface area contributed by atoms with Crippen molar-refractivity contribution in [3.63, 3.8) is 0 Å². The minimum atomic E-state index is -0.437. The number of hydrogen-bond acceptors (Lipinski definition) is 7. The van der Waals surface area contributed by atoms with Gasteiger partial charge < -0.3 is 0 Å². The third-order valence-electron chi connectivity index (χ3n) is 7.52. The first-order valence-electron chi connectivity index (χ1n) is 11.9. The third-order valence-corrected chi connectivity index (χ3v) is 8.68. The van der Waals surface area contributed by atoms with Crippen molar-refractivity contribution in [3.05, 3.63) is 72.4 Å². The fraction of sp³-hybridized carbons (Fsp3) is 0.333. The zero-order valence-corrected chi connectivity index (χ0v) is 21.2. The molecule has 0 N–H and O–H groups in total. The number of benzene rings is 2. The molecule has 2 aromatic carbocycles. The third kappa shape index (κ3) is 4.05. The van der Waals surface area contributed by atoms with Crippen molar-refractivity contribution in [2.75, 3.05) is 20.2 Å².